The van der Waals surface area contributed by atoms with Crippen molar-refractivity contribution in [3.05, 3.63) is 35.5 Å². The van der Waals surface area contributed by atoms with Gasteiger partial charge in [-0.2, -0.15) is 0 Å². The molecule has 0 spiro atoms. The van der Waals surface area contributed by atoms with Crippen LogP contribution in [0.2, 0.25) is 0 Å². The lowest BCUT2D eigenvalue weighted by Crippen LogP contribution is -2.00. The van der Waals surface area contributed by atoms with Crippen LogP contribution in [0.4, 0.5) is 5.69 Å². The monoisotopic (exact) mass is 244 g/mol. The number of anilines is 1. The lowest BCUT2D eigenvalue weighted by atomic mass is 10.0. The van der Waals surface area contributed by atoms with Gasteiger partial charge in [-0.25, -0.2) is 4.98 Å². The fraction of sp³-hybridized carbons (Fsp3) is 0.400. The van der Waals surface area contributed by atoms with Crippen LogP contribution in [0.1, 0.15) is 24.6 Å². The number of hydrogen-bond acceptors (Lipinski definition) is 3. The van der Waals surface area contributed by atoms with E-state index in [1.165, 1.54) is 10.9 Å². The van der Waals surface area contributed by atoms with E-state index in [1.807, 2.05) is 7.05 Å². The molecular formula is C15H20N2O. The summed E-state index contributed by atoms with van der Waals surface area (Å²) in [4.78, 5) is 4.73. The number of aromatic nitrogens is 1. The topological polar surface area (TPSA) is 34.1 Å². The number of nitrogens with one attached hydrogen (secondary N) is 1. The minimum atomic E-state index is 0.547. The minimum absolute atomic E-state index is 0.547. The summed E-state index contributed by atoms with van der Waals surface area (Å²) in [6.07, 6.45) is 2.19. The quantitative estimate of drug-likeness (QED) is 0.875. The van der Waals surface area contributed by atoms with Crippen molar-refractivity contribution in [1.29, 1.82) is 0 Å². The zero-order chi connectivity index (χ0) is 13.0. The SMILES string of the molecule is CCCc1cccc2c(NC)cc(COC)nc12. The van der Waals surface area contributed by atoms with E-state index in [4.69, 9.17) is 9.72 Å². The Balaban J connectivity index is 2.63. The molecule has 0 radical (unpaired) electrons. The van der Waals surface area contributed by atoms with E-state index < -0.39 is 0 Å². The van der Waals surface area contributed by atoms with Gasteiger partial charge in [-0.15, -0.1) is 0 Å². The summed E-state index contributed by atoms with van der Waals surface area (Å²) in [5.41, 5.74) is 4.49. The Bertz CT molecular complexity index is 537. The maximum Gasteiger partial charge on any atom is 0.0885 e. The normalized spacial score (nSPS) is 10.8. The Morgan fingerprint density at radius 1 is 1.33 bits per heavy atom. The Hall–Kier alpha value is -1.61. The van der Waals surface area contributed by atoms with Gasteiger partial charge in [0.15, 0.2) is 0 Å². The van der Waals surface area contributed by atoms with E-state index in [9.17, 15) is 0 Å². The third-order valence-corrected chi connectivity index (χ3v) is 3.06. The molecule has 0 unspecified atom stereocenters. The summed E-state index contributed by atoms with van der Waals surface area (Å²) >= 11 is 0. The van der Waals surface area contributed by atoms with Gasteiger partial charge >= 0.3 is 0 Å². The summed E-state index contributed by atoms with van der Waals surface area (Å²) in [7, 11) is 3.64. The highest BCUT2D eigenvalue weighted by molar-refractivity contribution is 5.93. The summed E-state index contributed by atoms with van der Waals surface area (Å²) in [6.45, 7) is 2.74. The number of hydrogen-bond donors (Lipinski definition) is 1. The van der Waals surface area contributed by atoms with Crippen molar-refractivity contribution in [2.75, 3.05) is 19.5 Å². The molecule has 0 atom stereocenters. The van der Waals surface area contributed by atoms with Crippen LogP contribution in [0.15, 0.2) is 24.3 Å². The highest BCUT2D eigenvalue weighted by atomic mass is 16.5. The molecule has 2 aromatic rings. The fourth-order valence-corrected chi connectivity index (χ4v) is 2.26. The van der Waals surface area contributed by atoms with Crippen LogP contribution in [0, 0.1) is 0 Å². The van der Waals surface area contributed by atoms with Crippen LogP contribution >= 0.6 is 0 Å². The minimum Gasteiger partial charge on any atom is -0.388 e. The van der Waals surface area contributed by atoms with Crippen LogP contribution in [0.5, 0.6) is 0 Å². The van der Waals surface area contributed by atoms with Crippen molar-refractivity contribution < 1.29 is 4.74 Å². The number of ether oxygens (including phenoxy) is 1. The molecule has 0 bridgehead atoms. The van der Waals surface area contributed by atoms with Crippen molar-refractivity contribution in [2.45, 2.75) is 26.4 Å². The Morgan fingerprint density at radius 3 is 2.83 bits per heavy atom. The summed E-state index contributed by atoms with van der Waals surface area (Å²) in [5.74, 6) is 0. The highest BCUT2D eigenvalue weighted by Crippen LogP contribution is 2.26. The first-order valence-electron chi connectivity index (χ1n) is 6.38. The van der Waals surface area contributed by atoms with Gasteiger partial charge in [-0.1, -0.05) is 31.5 Å². The number of fused-ring (bicyclic) bond motifs is 1. The highest BCUT2D eigenvalue weighted by Gasteiger charge is 2.08. The van der Waals surface area contributed by atoms with Crippen molar-refractivity contribution >= 4 is 16.6 Å². The summed E-state index contributed by atoms with van der Waals surface area (Å²) in [5, 5.41) is 4.43. The number of pyridine rings is 1. The van der Waals surface area contributed by atoms with Gasteiger partial charge in [-0.3, -0.25) is 0 Å². The smallest absolute Gasteiger partial charge is 0.0885 e. The van der Waals surface area contributed by atoms with E-state index in [1.54, 1.807) is 7.11 Å². The largest absolute Gasteiger partial charge is 0.388 e. The van der Waals surface area contributed by atoms with Gasteiger partial charge in [0, 0.05) is 25.2 Å². The molecule has 0 saturated heterocycles. The molecule has 0 aliphatic rings. The number of benzene rings is 1. The van der Waals surface area contributed by atoms with Gasteiger partial charge in [0.1, 0.15) is 0 Å². The van der Waals surface area contributed by atoms with Crippen LogP contribution < -0.4 is 5.32 Å². The Labute approximate surface area is 108 Å². The second-order valence-electron chi connectivity index (χ2n) is 4.41. The fourth-order valence-electron chi connectivity index (χ4n) is 2.26. The summed E-state index contributed by atoms with van der Waals surface area (Å²) in [6, 6.07) is 8.44. The van der Waals surface area contributed by atoms with Crippen molar-refractivity contribution in [2.24, 2.45) is 0 Å². The molecule has 2 rings (SSSR count). The molecular weight excluding hydrogens is 224 g/mol. The number of para-hydroxylation sites is 1. The average molecular weight is 244 g/mol. The summed E-state index contributed by atoms with van der Waals surface area (Å²) < 4.78 is 5.19. The molecule has 18 heavy (non-hydrogen) atoms. The van der Waals surface area contributed by atoms with Crippen LogP contribution in [0.25, 0.3) is 10.9 Å². The molecule has 0 amide bonds. The number of methoxy groups -OCH3 is 1. The number of nitrogens with zero attached hydrogens (tertiary/aromatic N) is 1. The third kappa shape index (κ3) is 2.46. The van der Waals surface area contributed by atoms with Crippen molar-refractivity contribution in [1.82, 2.24) is 4.98 Å². The molecule has 0 saturated carbocycles. The molecule has 1 N–H and O–H groups in total. The Kier molecular flexibility index (Phi) is 4.15. The predicted octanol–water partition coefficient (Wildman–Crippen LogP) is 3.38. The number of rotatable bonds is 5. The lowest BCUT2D eigenvalue weighted by Gasteiger charge is -2.11. The molecule has 0 fully saturated rings. The maximum absolute atomic E-state index is 5.19. The molecule has 0 aliphatic heterocycles. The third-order valence-electron chi connectivity index (χ3n) is 3.06. The molecule has 3 nitrogen and oxygen atoms in total. The lowest BCUT2D eigenvalue weighted by molar-refractivity contribution is 0.182. The van der Waals surface area contributed by atoms with E-state index in [0.717, 1.165) is 29.7 Å². The van der Waals surface area contributed by atoms with Gasteiger partial charge in [0.05, 0.1) is 17.8 Å². The molecule has 0 aliphatic carbocycles. The van der Waals surface area contributed by atoms with Crippen LogP contribution in [-0.4, -0.2) is 19.1 Å². The van der Waals surface area contributed by atoms with E-state index in [-0.39, 0.29) is 0 Å². The van der Waals surface area contributed by atoms with Crippen LogP contribution in [0.3, 0.4) is 0 Å². The molecule has 1 aromatic carbocycles. The second-order valence-corrected chi connectivity index (χ2v) is 4.41. The van der Waals surface area contributed by atoms with E-state index in [2.05, 4.69) is 36.5 Å². The van der Waals surface area contributed by atoms with Gasteiger partial charge in [0.2, 0.25) is 0 Å². The van der Waals surface area contributed by atoms with Gasteiger partial charge in [-0.05, 0) is 18.1 Å². The first-order chi connectivity index (χ1) is 8.80. The van der Waals surface area contributed by atoms with Crippen molar-refractivity contribution in [3.8, 4) is 0 Å². The van der Waals surface area contributed by atoms with Gasteiger partial charge < -0.3 is 10.1 Å². The second kappa shape index (κ2) is 5.83. The first-order valence-corrected chi connectivity index (χ1v) is 6.38. The zero-order valence-corrected chi connectivity index (χ0v) is 11.3. The van der Waals surface area contributed by atoms with Gasteiger partial charge in [0.25, 0.3) is 0 Å². The molecule has 96 valence electrons. The van der Waals surface area contributed by atoms with Crippen molar-refractivity contribution in [3.63, 3.8) is 0 Å². The van der Waals surface area contributed by atoms with E-state index in [0.29, 0.717) is 6.61 Å². The molecule has 1 aromatic heterocycles. The van der Waals surface area contributed by atoms with E-state index >= 15 is 0 Å². The molecule has 1 heterocycles. The average Bonchev–Trinajstić information content (AvgIpc) is 2.39. The number of aryl methyl sites for hydroxylation is 1. The standard InChI is InChI=1S/C15H20N2O/c1-4-6-11-7-5-8-13-14(16-2)9-12(10-18-3)17-15(11)13/h5,7-9H,4,6,10H2,1-3H3,(H,16,17). The maximum atomic E-state index is 5.19. The predicted molar refractivity (Wildman–Crippen MR) is 76.0 cm³/mol. The van der Waals surface area contributed by atoms with Crippen LogP contribution in [-0.2, 0) is 17.8 Å². The Morgan fingerprint density at radius 2 is 2.17 bits per heavy atom. The zero-order valence-electron chi connectivity index (χ0n) is 11.3. The molecule has 3 heteroatoms. The first kappa shape index (κ1) is 12.8.